The Morgan fingerprint density at radius 3 is 1.88 bits per heavy atom. The lowest BCUT2D eigenvalue weighted by atomic mass is 9.77. The average molecular weight is 648 g/mol. The van der Waals surface area contributed by atoms with E-state index in [1.807, 2.05) is 0 Å². The lowest BCUT2D eigenvalue weighted by molar-refractivity contribution is 0.420. The van der Waals surface area contributed by atoms with Crippen molar-refractivity contribution in [1.29, 1.82) is 0 Å². The first-order valence-corrected chi connectivity index (χ1v) is 18.8. The van der Waals surface area contributed by atoms with Gasteiger partial charge in [0, 0.05) is 27.9 Å². The summed E-state index contributed by atoms with van der Waals surface area (Å²) in [5.41, 5.74) is 18.8. The van der Waals surface area contributed by atoms with Crippen LogP contribution in [0, 0.1) is 11.8 Å². The molecule has 3 atom stereocenters. The third-order valence-corrected chi connectivity index (χ3v) is 13.1. The first-order chi connectivity index (χ1) is 24.3. The maximum Gasteiger partial charge on any atom is 0.0465 e. The molecule has 246 valence electrons. The van der Waals surface area contributed by atoms with Crippen LogP contribution in [0.25, 0.3) is 33.4 Å². The Labute approximate surface area is 297 Å². The van der Waals surface area contributed by atoms with Gasteiger partial charge in [-0.2, -0.15) is 0 Å². The second kappa shape index (κ2) is 10.8. The molecule has 4 aliphatic rings. The Hall–Kier alpha value is -4.88. The summed E-state index contributed by atoms with van der Waals surface area (Å²) >= 11 is 0. The first kappa shape index (κ1) is 30.0. The Balaban J connectivity index is 1.09. The van der Waals surface area contributed by atoms with Crippen molar-refractivity contribution in [3.8, 4) is 33.4 Å². The maximum absolute atomic E-state index is 2.48. The SMILES string of the molecule is CC1(C)c2cc(N(c3ccccc3)c3ccc(C4CC5CCC4C5)cc3)ccc2-c2c(-c3cccc4c3C(C)(C)c3ccccc3-4)cccc21. The standard InChI is InChI=1S/C49H45N/c1-48(2)44-19-11-15-38(40-17-10-16-39-37-14-8-9-18-43(37)49(3,4)47(39)40)46(44)41-27-26-36(30-45(41)48)50(34-12-6-5-7-13-34)35-24-22-32(23-25-35)42-29-31-20-21-33(42)28-31/h5-19,22-27,30-31,33,42H,20-21,28-29H2,1-4H3. The Bertz CT molecular complexity index is 2290. The molecular formula is C49H45N. The Kier molecular flexibility index (Phi) is 6.48. The van der Waals surface area contributed by atoms with E-state index in [1.165, 1.54) is 104 Å². The fraction of sp³-hybridized carbons (Fsp3) is 0.265. The molecule has 2 saturated carbocycles. The van der Waals surface area contributed by atoms with Gasteiger partial charge in [0.15, 0.2) is 0 Å². The molecule has 50 heavy (non-hydrogen) atoms. The minimum absolute atomic E-state index is 0.0743. The van der Waals surface area contributed by atoms with E-state index in [4.69, 9.17) is 0 Å². The molecule has 6 aromatic carbocycles. The summed E-state index contributed by atoms with van der Waals surface area (Å²) in [6.07, 6.45) is 5.68. The van der Waals surface area contributed by atoms with Crippen molar-refractivity contribution in [3.05, 3.63) is 161 Å². The molecule has 0 amide bonds. The lowest BCUT2D eigenvalue weighted by Gasteiger charge is -2.29. The molecule has 0 aliphatic heterocycles. The van der Waals surface area contributed by atoms with Gasteiger partial charge in [-0.15, -0.1) is 0 Å². The van der Waals surface area contributed by atoms with E-state index in [0.717, 1.165) is 17.8 Å². The second-order valence-corrected chi connectivity index (χ2v) is 16.5. The van der Waals surface area contributed by atoms with Gasteiger partial charge in [-0.05, 0) is 135 Å². The molecule has 1 heteroatoms. The molecule has 4 aliphatic carbocycles. The van der Waals surface area contributed by atoms with Crippen LogP contribution in [-0.2, 0) is 10.8 Å². The monoisotopic (exact) mass is 647 g/mol. The molecule has 0 radical (unpaired) electrons. The predicted octanol–water partition coefficient (Wildman–Crippen LogP) is 13.3. The van der Waals surface area contributed by atoms with Crippen molar-refractivity contribution in [2.75, 3.05) is 4.90 Å². The summed E-state index contributed by atoms with van der Waals surface area (Å²) in [4.78, 5) is 2.45. The third-order valence-electron chi connectivity index (χ3n) is 13.1. The summed E-state index contributed by atoms with van der Waals surface area (Å²) in [6.45, 7) is 9.63. The quantitative estimate of drug-likeness (QED) is 0.180. The van der Waals surface area contributed by atoms with E-state index in [2.05, 4.69) is 166 Å². The van der Waals surface area contributed by atoms with Crippen molar-refractivity contribution in [2.45, 2.75) is 70.1 Å². The highest BCUT2D eigenvalue weighted by Gasteiger charge is 2.42. The van der Waals surface area contributed by atoms with Gasteiger partial charge < -0.3 is 4.90 Å². The van der Waals surface area contributed by atoms with Crippen LogP contribution in [-0.4, -0.2) is 0 Å². The maximum atomic E-state index is 2.48. The fourth-order valence-corrected chi connectivity index (χ4v) is 10.8. The molecule has 2 fully saturated rings. The van der Waals surface area contributed by atoms with E-state index < -0.39 is 0 Å². The fourth-order valence-electron chi connectivity index (χ4n) is 10.8. The first-order valence-electron chi connectivity index (χ1n) is 18.8. The summed E-state index contributed by atoms with van der Waals surface area (Å²) < 4.78 is 0. The van der Waals surface area contributed by atoms with E-state index in [9.17, 15) is 0 Å². The van der Waals surface area contributed by atoms with Crippen molar-refractivity contribution in [3.63, 3.8) is 0 Å². The minimum Gasteiger partial charge on any atom is -0.310 e. The van der Waals surface area contributed by atoms with Crippen molar-refractivity contribution >= 4 is 17.1 Å². The number of rotatable bonds is 5. The van der Waals surface area contributed by atoms with Crippen molar-refractivity contribution in [2.24, 2.45) is 11.8 Å². The van der Waals surface area contributed by atoms with Gasteiger partial charge in [0.1, 0.15) is 0 Å². The highest BCUT2D eigenvalue weighted by molar-refractivity contribution is 5.97. The molecule has 0 spiro atoms. The third kappa shape index (κ3) is 4.25. The van der Waals surface area contributed by atoms with Gasteiger partial charge in [-0.1, -0.05) is 131 Å². The largest absolute Gasteiger partial charge is 0.310 e. The lowest BCUT2D eigenvalue weighted by Crippen LogP contribution is -2.17. The molecule has 2 bridgehead atoms. The summed E-state index contributed by atoms with van der Waals surface area (Å²) in [5.74, 6) is 2.59. The number of anilines is 3. The van der Waals surface area contributed by atoms with Gasteiger partial charge >= 0.3 is 0 Å². The van der Waals surface area contributed by atoms with Gasteiger partial charge in [0.05, 0.1) is 0 Å². The van der Waals surface area contributed by atoms with Crippen LogP contribution in [0.1, 0.15) is 87.1 Å². The Morgan fingerprint density at radius 2 is 1.12 bits per heavy atom. The second-order valence-electron chi connectivity index (χ2n) is 16.5. The number of hydrogen-bond acceptors (Lipinski definition) is 1. The zero-order valence-electron chi connectivity index (χ0n) is 29.7. The number of fused-ring (bicyclic) bond motifs is 8. The van der Waals surface area contributed by atoms with E-state index in [0.29, 0.717) is 0 Å². The Morgan fingerprint density at radius 1 is 0.480 bits per heavy atom. The van der Waals surface area contributed by atoms with Gasteiger partial charge in [0.2, 0.25) is 0 Å². The molecule has 10 rings (SSSR count). The van der Waals surface area contributed by atoms with Crippen LogP contribution >= 0.6 is 0 Å². The van der Waals surface area contributed by atoms with Crippen LogP contribution in [0.5, 0.6) is 0 Å². The molecule has 0 aromatic heterocycles. The van der Waals surface area contributed by atoms with E-state index in [1.54, 1.807) is 0 Å². The number of nitrogens with zero attached hydrogens (tertiary/aromatic N) is 1. The van der Waals surface area contributed by atoms with Crippen LogP contribution in [0.2, 0.25) is 0 Å². The van der Waals surface area contributed by atoms with Crippen LogP contribution < -0.4 is 4.90 Å². The summed E-state index contributed by atoms with van der Waals surface area (Å²) in [7, 11) is 0. The molecule has 1 nitrogen and oxygen atoms in total. The van der Waals surface area contributed by atoms with Crippen molar-refractivity contribution < 1.29 is 0 Å². The van der Waals surface area contributed by atoms with Gasteiger partial charge in [-0.25, -0.2) is 0 Å². The van der Waals surface area contributed by atoms with Crippen LogP contribution in [0.3, 0.4) is 0 Å². The molecule has 0 saturated heterocycles. The highest BCUT2D eigenvalue weighted by atomic mass is 15.1. The van der Waals surface area contributed by atoms with E-state index >= 15 is 0 Å². The number of hydrogen-bond donors (Lipinski definition) is 0. The summed E-state index contributed by atoms with van der Waals surface area (Å²) in [5, 5.41) is 0. The predicted molar refractivity (Wildman–Crippen MR) is 210 cm³/mol. The molecular weight excluding hydrogens is 603 g/mol. The summed E-state index contributed by atoms with van der Waals surface area (Å²) in [6, 6.07) is 50.7. The van der Waals surface area contributed by atoms with Crippen LogP contribution in [0.4, 0.5) is 17.1 Å². The molecule has 0 heterocycles. The number of para-hydroxylation sites is 1. The topological polar surface area (TPSA) is 3.24 Å². The number of benzene rings is 6. The van der Waals surface area contributed by atoms with Crippen molar-refractivity contribution in [1.82, 2.24) is 0 Å². The van der Waals surface area contributed by atoms with Gasteiger partial charge in [-0.3, -0.25) is 0 Å². The minimum atomic E-state index is -0.138. The zero-order chi connectivity index (χ0) is 33.8. The normalized spacial score (nSPS) is 21.4. The van der Waals surface area contributed by atoms with Crippen LogP contribution in [0.15, 0.2) is 133 Å². The average Bonchev–Trinajstić information content (AvgIpc) is 3.89. The zero-order valence-corrected chi connectivity index (χ0v) is 29.7. The van der Waals surface area contributed by atoms with E-state index in [-0.39, 0.29) is 10.8 Å². The molecule has 3 unspecified atom stereocenters. The van der Waals surface area contributed by atoms with Gasteiger partial charge in [0.25, 0.3) is 0 Å². The smallest absolute Gasteiger partial charge is 0.0465 e. The molecule has 6 aromatic rings. The molecule has 0 N–H and O–H groups in total. The highest BCUT2D eigenvalue weighted by Crippen LogP contribution is 2.58.